The predicted octanol–water partition coefficient (Wildman–Crippen LogP) is 1.95. The van der Waals surface area contributed by atoms with Crippen LogP contribution in [0.1, 0.15) is 10.4 Å². The van der Waals surface area contributed by atoms with Crippen molar-refractivity contribution in [1.82, 2.24) is 4.98 Å². The number of carbonyl (C=O) groups excluding carboxylic acids is 1. The van der Waals surface area contributed by atoms with Gasteiger partial charge in [0, 0.05) is 12.6 Å². The molecule has 1 heterocycles. The van der Waals surface area contributed by atoms with E-state index in [0.29, 0.717) is 22.8 Å². The highest BCUT2D eigenvalue weighted by atomic mass is 16.5. The Labute approximate surface area is 111 Å². The molecular formula is C14H15N3O2. The van der Waals surface area contributed by atoms with Crippen molar-refractivity contribution in [1.29, 1.82) is 0 Å². The molecule has 0 bridgehead atoms. The van der Waals surface area contributed by atoms with Gasteiger partial charge in [0.05, 0.1) is 19.0 Å². The van der Waals surface area contributed by atoms with E-state index in [1.54, 1.807) is 50.6 Å². The van der Waals surface area contributed by atoms with Gasteiger partial charge in [0.1, 0.15) is 11.6 Å². The molecule has 1 amide bonds. The van der Waals surface area contributed by atoms with Crippen LogP contribution in [0.3, 0.4) is 0 Å². The van der Waals surface area contributed by atoms with Gasteiger partial charge in [-0.2, -0.15) is 0 Å². The number of pyridine rings is 1. The van der Waals surface area contributed by atoms with E-state index < -0.39 is 0 Å². The summed E-state index contributed by atoms with van der Waals surface area (Å²) < 4.78 is 5.10. The Hall–Kier alpha value is -2.56. The summed E-state index contributed by atoms with van der Waals surface area (Å²) in [5.74, 6) is 1.03. The number of benzene rings is 1. The fraction of sp³-hybridized carbons (Fsp3) is 0.143. The second-order valence-electron chi connectivity index (χ2n) is 4.05. The van der Waals surface area contributed by atoms with Crippen molar-refractivity contribution in [2.45, 2.75) is 0 Å². The van der Waals surface area contributed by atoms with E-state index in [4.69, 9.17) is 10.5 Å². The van der Waals surface area contributed by atoms with Crippen LogP contribution in [-0.2, 0) is 0 Å². The molecule has 2 aromatic rings. The predicted molar refractivity (Wildman–Crippen MR) is 74.4 cm³/mol. The van der Waals surface area contributed by atoms with Crippen LogP contribution in [0.2, 0.25) is 0 Å². The Bertz CT molecular complexity index is 581. The van der Waals surface area contributed by atoms with Crippen LogP contribution in [0.25, 0.3) is 0 Å². The zero-order valence-electron chi connectivity index (χ0n) is 10.8. The summed E-state index contributed by atoms with van der Waals surface area (Å²) in [4.78, 5) is 17.9. The fourth-order valence-corrected chi connectivity index (χ4v) is 1.65. The summed E-state index contributed by atoms with van der Waals surface area (Å²) in [6, 6.07) is 10.4. The van der Waals surface area contributed by atoms with Crippen LogP contribution in [0.4, 0.5) is 11.5 Å². The van der Waals surface area contributed by atoms with E-state index in [1.807, 2.05) is 0 Å². The molecule has 0 radical (unpaired) electrons. The number of anilines is 2. The second kappa shape index (κ2) is 5.39. The number of nitrogen functional groups attached to an aromatic ring is 1. The topological polar surface area (TPSA) is 68.5 Å². The minimum Gasteiger partial charge on any atom is -0.497 e. The largest absolute Gasteiger partial charge is 0.497 e. The van der Waals surface area contributed by atoms with Crippen molar-refractivity contribution in [3.63, 3.8) is 0 Å². The molecule has 5 nitrogen and oxygen atoms in total. The third kappa shape index (κ3) is 2.82. The Balaban J connectivity index is 2.25. The van der Waals surface area contributed by atoms with Gasteiger partial charge in [-0.05, 0) is 30.3 Å². The highest BCUT2D eigenvalue weighted by Gasteiger charge is 2.14. The molecule has 0 spiro atoms. The molecule has 0 aliphatic heterocycles. The van der Waals surface area contributed by atoms with Crippen molar-refractivity contribution in [2.75, 3.05) is 24.8 Å². The van der Waals surface area contributed by atoms with E-state index in [0.717, 1.165) is 0 Å². The summed E-state index contributed by atoms with van der Waals surface area (Å²) in [7, 11) is 3.23. The molecule has 0 fully saturated rings. The molecule has 1 aromatic heterocycles. The SMILES string of the molecule is COc1cccc(C(=O)N(C)c2ccc(N)cn2)c1. The van der Waals surface area contributed by atoms with Crippen molar-refractivity contribution in [2.24, 2.45) is 0 Å². The molecular weight excluding hydrogens is 242 g/mol. The fourth-order valence-electron chi connectivity index (χ4n) is 1.65. The quantitative estimate of drug-likeness (QED) is 0.912. The maximum Gasteiger partial charge on any atom is 0.259 e. The van der Waals surface area contributed by atoms with Gasteiger partial charge in [-0.25, -0.2) is 4.98 Å². The lowest BCUT2D eigenvalue weighted by molar-refractivity contribution is 0.0992. The Morgan fingerprint density at radius 1 is 1.32 bits per heavy atom. The lowest BCUT2D eigenvalue weighted by atomic mass is 10.2. The van der Waals surface area contributed by atoms with Crippen LogP contribution < -0.4 is 15.4 Å². The zero-order valence-corrected chi connectivity index (χ0v) is 10.8. The van der Waals surface area contributed by atoms with E-state index >= 15 is 0 Å². The van der Waals surface area contributed by atoms with Crippen LogP contribution >= 0.6 is 0 Å². The molecule has 0 saturated carbocycles. The number of amides is 1. The Morgan fingerprint density at radius 2 is 2.11 bits per heavy atom. The summed E-state index contributed by atoms with van der Waals surface area (Å²) in [5, 5.41) is 0. The molecule has 19 heavy (non-hydrogen) atoms. The Morgan fingerprint density at radius 3 is 2.74 bits per heavy atom. The lowest BCUT2D eigenvalue weighted by Crippen LogP contribution is -2.27. The van der Waals surface area contributed by atoms with E-state index in [1.165, 1.54) is 11.1 Å². The molecule has 1 aromatic carbocycles. The maximum absolute atomic E-state index is 12.3. The van der Waals surface area contributed by atoms with Crippen LogP contribution in [0, 0.1) is 0 Å². The van der Waals surface area contributed by atoms with Gasteiger partial charge < -0.3 is 10.5 Å². The normalized spacial score (nSPS) is 10.0. The number of methoxy groups -OCH3 is 1. The number of hydrogen-bond acceptors (Lipinski definition) is 4. The van der Waals surface area contributed by atoms with Gasteiger partial charge in [0.15, 0.2) is 0 Å². The highest BCUT2D eigenvalue weighted by molar-refractivity contribution is 6.05. The van der Waals surface area contributed by atoms with Gasteiger partial charge in [0.2, 0.25) is 0 Å². The minimum absolute atomic E-state index is 0.156. The first-order chi connectivity index (χ1) is 9.11. The molecule has 0 aliphatic carbocycles. The van der Waals surface area contributed by atoms with Gasteiger partial charge in [-0.3, -0.25) is 9.69 Å². The minimum atomic E-state index is -0.156. The van der Waals surface area contributed by atoms with Crippen molar-refractivity contribution >= 4 is 17.4 Å². The average Bonchev–Trinajstić information content (AvgIpc) is 2.46. The van der Waals surface area contributed by atoms with Gasteiger partial charge >= 0.3 is 0 Å². The van der Waals surface area contributed by atoms with E-state index in [2.05, 4.69) is 4.98 Å². The van der Waals surface area contributed by atoms with Crippen molar-refractivity contribution in [3.8, 4) is 5.75 Å². The van der Waals surface area contributed by atoms with Gasteiger partial charge in [0.25, 0.3) is 5.91 Å². The Kier molecular flexibility index (Phi) is 3.66. The third-order valence-electron chi connectivity index (χ3n) is 2.74. The number of rotatable bonds is 3. The first-order valence-electron chi connectivity index (χ1n) is 5.75. The van der Waals surface area contributed by atoms with Crippen LogP contribution in [-0.4, -0.2) is 25.0 Å². The summed E-state index contributed by atoms with van der Waals surface area (Å²) in [6.45, 7) is 0. The number of nitrogens with zero attached hydrogens (tertiary/aromatic N) is 2. The smallest absolute Gasteiger partial charge is 0.259 e. The van der Waals surface area contributed by atoms with Crippen molar-refractivity contribution in [3.05, 3.63) is 48.2 Å². The molecule has 0 aliphatic rings. The molecule has 2 N–H and O–H groups in total. The summed E-state index contributed by atoms with van der Waals surface area (Å²) >= 11 is 0. The first-order valence-corrected chi connectivity index (χ1v) is 5.75. The van der Waals surface area contributed by atoms with Gasteiger partial charge in [-0.1, -0.05) is 6.07 Å². The molecule has 98 valence electrons. The maximum atomic E-state index is 12.3. The molecule has 2 rings (SSSR count). The van der Waals surface area contributed by atoms with Crippen LogP contribution in [0.15, 0.2) is 42.6 Å². The van der Waals surface area contributed by atoms with Crippen molar-refractivity contribution < 1.29 is 9.53 Å². The third-order valence-corrected chi connectivity index (χ3v) is 2.74. The monoisotopic (exact) mass is 257 g/mol. The van der Waals surface area contributed by atoms with E-state index in [-0.39, 0.29) is 5.91 Å². The molecule has 5 heteroatoms. The summed E-state index contributed by atoms with van der Waals surface area (Å²) in [6.07, 6.45) is 1.52. The standard InChI is InChI=1S/C14H15N3O2/c1-17(13-7-6-11(15)9-16-13)14(18)10-4-3-5-12(8-10)19-2/h3-9H,15H2,1-2H3. The molecule has 0 saturated heterocycles. The number of ether oxygens (including phenoxy) is 1. The zero-order chi connectivity index (χ0) is 13.8. The lowest BCUT2D eigenvalue weighted by Gasteiger charge is -2.16. The average molecular weight is 257 g/mol. The summed E-state index contributed by atoms with van der Waals surface area (Å²) in [5.41, 5.74) is 6.67. The van der Waals surface area contributed by atoms with E-state index in [9.17, 15) is 4.79 Å². The van der Waals surface area contributed by atoms with Gasteiger partial charge in [-0.15, -0.1) is 0 Å². The number of hydrogen-bond donors (Lipinski definition) is 1. The molecule has 0 atom stereocenters. The number of carbonyl (C=O) groups is 1. The molecule has 0 unspecified atom stereocenters. The second-order valence-corrected chi connectivity index (χ2v) is 4.05. The number of nitrogens with two attached hydrogens (primary N) is 1. The highest BCUT2D eigenvalue weighted by Crippen LogP contribution is 2.17. The number of aromatic nitrogens is 1. The first kappa shape index (κ1) is 12.9. The van der Waals surface area contributed by atoms with Crippen LogP contribution in [0.5, 0.6) is 5.75 Å².